The Hall–Kier alpha value is -1.81. The molecule has 3 unspecified atom stereocenters. The van der Waals surface area contributed by atoms with Gasteiger partial charge in [0.05, 0.1) is 12.6 Å². The molecule has 10 heteroatoms. The van der Waals surface area contributed by atoms with E-state index < -0.39 is 41.8 Å². The van der Waals surface area contributed by atoms with Crippen molar-refractivity contribution in [2.45, 2.75) is 52.2 Å². The minimum atomic E-state index is -1.21. The van der Waals surface area contributed by atoms with E-state index in [9.17, 15) is 19.2 Å². The summed E-state index contributed by atoms with van der Waals surface area (Å²) >= 11 is 3.88. The van der Waals surface area contributed by atoms with E-state index in [1.807, 2.05) is 13.8 Å². The van der Waals surface area contributed by atoms with E-state index in [0.29, 0.717) is 6.42 Å². The highest BCUT2D eigenvalue weighted by Crippen LogP contribution is 2.04. The number of nitrogens with one attached hydrogen (secondary N) is 3. The van der Waals surface area contributed by atoms with Crippen LogP contribution in [0.3, 0.4) is 0 Å². The summed E-state index contributed by atoms with van der Waals surface area (Å²) < 4.78 is 0. The molecule has 0 aliphatic rings. The minimum absolute atomic E-state index is 0.0797. The van der Waals surface area contributed by atoms with Crippen LogP contribution in [0.15, 0.2) is 0 Å². The molecule has 3 amide bonds. The SMILES string of the molecule is CC(C)CC(N)C(=O)NCC(=O)NC(C(=O)NC(CS)C(=O)O)C(C)C. The second kappa shape index (κ2) is 11.7. The Morgan fingerprint density at radius 3 is 2.04 bits per heavy atom. The van der Waals surface area contributed by atoms with Gasteiger partial charge in [-0.05, 0) is 18.3 Å². The second-order valence-corrected chi connectivity index (χ2v) is 7.19. The molecule has 0 saturated carbocycles. The van der Waals surface area contributed by atoms with Crippen LogP contribution in [0.25, 0.3) is 0 Å². The maximum absolute atomic E-state index is 12.2. The minimum Gasteiger partial charge on any atom is -0.480 e. The van der Waals surface area contributed by atoms with Crippen LogP contribution in [0.2, 0.25) is 0 Å². The van der Waals surface area contributed by atoms with Crippen molar-refractivity contribution in [2.75, 3.05) is 12.3 Å². The first-order valence-corrected chi connectivity index (χ1v) is 9.09. The predicted molar refractivity (Wildman–Crippen MR) is 101 cm³/mol. The van der Waals surface area contributed by atoms with Gasteiger partial charge < -0.3 is 26.8 Å². The van der Waals surface area contributed by atoms with Crippen LogP contribution in [-0.2, 0) is 19.2 Å². The van der Waals surface area contributed by atoms with Crippen molar-refractivity contribution in [2.24, 2.45) is 17.6 Å². The zero-order valence-corrected chi connectivity index (χ0v) is 16.5. The first-order chi connectivity index (χ1) is 12.0. The summed E-state index contributed by atoms with van der Waals surface area (Å²) in [4.78, 5) is 47.1. The van der Waals surface area contributed by atoms with E-state index in [1.54, 1.807) is 13.8 Å². The molecular formula is C16H30N4O5S. The predicted octanol–water partition coefficient (Wildman–Crippen LogP) is -0.884. The third-order valence-electron chi connectivity index (χ3n) is 3.55. The summed E-state index contributed by atoms with van der Waals surface area (Å²) in [5, 5.41) is 16.2. The van der Waals surface area contributed by atoms with Gasteiger partial charge >= 0.3 is 5.97 Å². The van der Waals surface area contributed by atoms with Gasteiger partial charge in [-0.2, -0.15) is 12.6 Å². The van der Waals surface area contributed by atoms with Crippen molar-refractivity contribution >= 4 is 36.3 Å². The van der Waals surface area contributed by atoms with Gasteiger partial charge in [0.15, 0.2) is 0 Å². The van der Waals surface area contributed by atoms with Crippen LogP contribution in [0.1, 0.15) is 34.1 Å². The van der Waals surface area contributed by atoms with Crippen molar-refractivity contribution in [3.63, 3.8) is 0 Å². The lowest BCUT2D eigenvalue weighted by atomic mass is 10.0. The first kappa shape index (κ1) is 24.2. The molecular weight excluding hydrogens is 360 g/mol. The molecule has 9 nitrogen and oxygen atoms in total. The molecule has 0 rings (SSSR count). The number of carboxylic acids is 1. The molecule has 0 saturated heterocycles. The standard InChI is InChI=1S/C16H30N4O5S/c1-8(2)5-10(17)14(22)18-6-12(21)20-13(9(3)4)15(23)19-11(7-26)16(24)25/h8-11,13,26H,5-7,17H2,1-4H3,(H,18,22)(H,19,23)(H,20,21)(H,24,25). The Labute approximate surface area is 159 Å². The Balaban J connectivity index is 4.66. The molecule has 0 aliphatic carbocycles. The van der Waals surface area contributed by atoms with Crippen molar-refractivity contribution in [1.82, 2.24) is 16.0 Å². The number of carbonyl (C=O) groups excluding carboxylic acids is 3. The van der Waals surface area contributed by atoms with Crippen LogP contribution in [0, 0.1) is 11.8 Å². The number of thiol groups is 1. The number of nitrogens with two attached hydrogens (primary N) is 1. The second-order valence-electron chi connectivity index (χ2n) is 6.83. The molecule has 0 radical (unpaired) electrons. The van der Waals surface area contributed by atoms with Crippen molar-refractivity contribution in [1.29, 1.82) is 0 Å². The Kier molecular flexibility index (Phi) is 10.9. The smallest absolute Gasteiger partial charge is 0.327 e. The number of amides is 3. The van der Waals surface area contributed by atoms with Gasteiger partial charge in [-0.1, -0.05) is 27.7 Å². The van der Waals surface area contributed by atoms with Crippen molar-refractivity contribution in [3.05, 3.63) is 0 Å². The van der Waals surface area contributed by atoms with Gasteiger partial charge in [0, 0.05) is 5.75 Å². The lowest BCUT2D eigenvalue weighted by Gasteiger charge is -2.23. The lowest BCUT2D eigenvalue weighted by Crippen LogP contribution is -2.55. The van der Waals surface area contributed by atoms with E-state index in [4.69, 9.17) is 10.8 Å². The molecule has 0 aliphatic heterocycles. The van der Waals surface area contributed by atoms with Crippen molar-refractivity contribution in [3.8, 4) is 0 Å². The van der Waals surface area contributed by atoms with Gasteiger partial charge in [0.2, 0.25) is 17.7 Å². The fraction of sp³-hybridized carbons (Fsp3) is 0.750. The van der Waals surface area contributed by atoms with Crippen molar-refractivity contribution < 1.29 is 24.3 Å². The van der Waals surface area contributed by atoms with E-state index in [0.717, 1.165) is 0 Å². The summed E-state index contributed by atoms with van der Waals surface area (Å²) in [6.07, 6.45) is 0.491. The lowest BCUT2D eigenvalue weighted by molar-refractivity contribution is -0.141. The van der Waals surface area contributed by atoms with E-state index in [1.165, 1.54) is 0 Å². The summed E-state index contributed by atoms with van der Waals surface area (Å²) in [6.45, 7) is 6.95. The van der Waals surface area contributed by atoms with E-state index in [2.05, 4.69) is 28.6 Å². The molecule has 0 fully saturated rings. The van der Waals surface area contributed by atoms with Crippen LogP contribution < -0.4 is 21.7 Å². The number of rotatable bonds is 11. The van der Waals surface area contributed by atoms with Crippen LogP contribution in [0.5, 0.6) is 0 Å². The summed E-state index contributed by atoms with van der Waals surface area (Å²) in [5.41, 5.74) is 5.73. The molecule has 0 aromatic rings. The monoisotopic (exact) mass is 390 g/mol. The van der Waals surface area contributed by atoms with Gasteiger partial charge in [-0.25, -0.2) is 4.79 Å². The summed E-state index contributed by atoms with van der Waals surface area (Å²) in [7, 11) is 0. The molecule has 0 aromatic carbocycles. The number of hydrogen-bond donors (Lipinski definition) is 6. The summed E-state index contributed by atoms with van der Waals surface area (Å²) in [5.74, 6) is -2.97. The average molecular weight is 391 g/mol. The van der Waals surface area contributed by atoms with Crippen LogP contribution in [-0.4, -0.2) is 59.2 Å². The maximum Gasteiger partial charge on any atom is 0.327 e. The first-order valence-electron chi connectivity index (χ1n) is 8.46. The number of carbonyl (C=O) groups is 4. The van der Waals surface area contributed by atoms with E-state index in [-0.39, 0.29) is 24.1 Å². The van der Waals surface area contributed by atoms with Crippen LogP contribution >= 0.6 is 12.6 Å². The molecule has 0 bridgehead atoms. The largest absolute Gasteiger partial charge is 0.480 e. The zero-order valence-electron chi connectivity index (χ0n) is 15.6. The number of aliphatic carboxylic acids is 1. The molecule has 6 N–H and O–H groups in total. The fourth-order valence-corrected chi connectivity index (χ4v) is 2.37. The Morgan fingerprint density at radius 1 is 1.04 bits per heavy atom. The fourth-order valence-electron chi connectivity index (χ4n) is 2.12. The van der Waals surface area contributed by atoms with Gasteiger partial charge in [-0.3, -0.25) is 14.4 Å². The third kappa shape index (κ3) is 9.04. The zero-order chi connectivity index (χ0) is 20.4. The van der Waals surface area contributed by atoms with Gasteiger partial charge in [0.1, 0.15) is 12.1 Å². The van der Waals surface area contributed by atoms with E-state index >= 15 is 0 Å². The molecule has 0 aromatic heterocycles. The maximum atomic E-state index is 12.2. The molecule has 0 heterocycles. The Morgan fingerprint density at radius 2 is 1.62 bits per heavy atom. The highest BCUT2D eigenvalue weighted by molar-refractivity contribution is 7.80. The quantitative estimate of drug-likeness (QED) is 0.252. The normalized spacial score (nSPS) is 14.5. The third-order valence-corrected chi connectivity index (χ3v) is 3.91. The highest BCUT2D eigenvalue weighted by atomic mass is 32.1. The number of hydrogen-bond acceptors (Lipinski definition) is 6. The molecule has 26 heavy (non-hydrogen) atoms. The molecule has 3 atom stereocenters. The highest BCUT2D eigenvalue weighted by Gasteiger charge is 2.28. The van der Waals surface area contributed by atoms with Gasteiger partial charge in [0.25, 0.3) is 0 Å². The number of carboxylic acid groups (broad SMARTS) is 1. The summed E-state index contributed by atoms with van der Waals surface area (Å²) in [6, 6.07) is -2.80. The molecule has 0 spiro atoms. The average Bonchev–Trinajstić information content (AvgIpc) is 2.53. The topological polar surface area (TPSA) is 151 Å². The van der Waals surface area contributed by atoms with Crippen LogP contribution in [0.4, 0.5) is 0 Å². The Bertz CT molecular complexity index is 513. The molecule has 150 valence electrons. The van der Waals surface area contributed by atoms with Gasteiger partial charge in [-0.15, -0.1) is 0 Å².